The number of aromatic amines is 1. The van der Waals surface area contributed by atoms with Crippen LogP contribution in [0.5, 0.6) is 5.75 Å². The molecule has 1 aliphatic carbocycles. The fourth-order valence-corrected chi connectivity index (χ4v) is 5.98. The summed E-state index contributed by atoms with van der Waals surface area (Å²) in [7, 11) is 0. The van der Waals surface area contributed by atoms with E-state index in [1.54, 1.807) is 0 Å². The average Bonchev–Trinajstić information content (AvgIpc) is 3.55. The Morgan fingerprint density at radius 1 is 1.21 bits per heavy atom. The van der Waals surface area contributed by atoms with Crippen LogP contribution in [-0.2, 0) is 6.42 Å². The molecule has 4 unspecified atom stereocenters. The van der Waals surface area contributed by atoms with Gasteiger partial charge < -0.3 is 15.2 Å². The van der Waals surface area contributed by atoms with E-state index < -0.39 is 5.60 Å². The zero-order valence-corrected chi connectivity index (χ0v) is 20.6. The smallest absolute Gasteiger partial charge is 0.125 e. The lowest BCUT2D eigenvalue weighted by Gasteiger charge is -2.33. The molecule has 4 atom stereocenters. The van der Waals surface area contributed by atoms with Crippen molar-refractivity contribution in [1.82, 2.24) is 25.7 Å². The Morgan fingerprint density at radius 2 is 2.06 bits per heavy atom. The van der Waals surface area contributed by atoms with Gasteiger partial charge in [0.1, 0.15) is 11.6 Å². The molecule has 3 aliphatic rings. The van der Waals surface area contributed by atoms with Crippen LogP contribution in [0, 0.1) is 5.92 Å². The van der Waals surface area contributed by atoms with Gasteiger partial charge in [0.25, 0.3) is 0 Å². The first-order valence-electron chi connectivity index (χ1n) is 12.8. The summed E-state index contributed by atoms with van der Waals surface area (Å²) in [6, 6.07) is 6.49. The van der Waals surface area contributed by atoms with E-state index >= 15 is 0 Å². The quantitative estimate of drug-likeness (QED) is 0.428. The molecule has 1 saturated heterocycles. The number of aliphatic hydroxyl groups is 1. The number of nitrogens with zero attached hydrogens (tertiary/aromatic N) is 2. The molecule has 0 bridgehead atoms. The monoisotopic (exact) mass is 465 g/mol. The molecule has 3 heterocycles. The van der Waals surface area contributed by atoms with E-state index in [2.05, 4.69) is 39.8 Å². The highest BCUT2D eigenvalue weighted by Gasteiger charge is 2.42. The van der Waals surface area contributed by atoms with Gasteiger partial charge in [-0.2, -0.15) is 0 Å². The van der Waals surface area contributed by atoms with Crippen LogP contribution in [0.4, 0.5) is 0 Å². The predicted molar refractivity (Wildman–Crippen MR) is 134 cm³/mol. The fraction of sp³-hybridized carbons (Fsp3) is 0.593. The summed E-state index contributed by atoms with van der Waals surface area (Å²) in [6.07, 6.45) is 9.38. The number of hydrogen-bond donors (Lipinski definition) is 5. The van der Waals surface area contributed by atoms with E-state index in [0.29, 0.717) is 23.6 Å². The van der Waals surface area contributed by atoms with Crippen molar-refractivity contribution in [2.24, 2.45) is 5.92 Å². The lowest BCUT2D eigenvalue weighted by Crippen LogP contribution is -2.35. The number of rotatable bonds is 7. The standard InChI is InChI=1S/C27H39N5O2/c1-4-17-13-20(33)6-8-21(17)18-5-7-22-23(14-18)30-31-25(22)26-28-15-24(29-26)19-9-11-32(16-19)12-10-27(2,3)34/h6,8-9,13,15,18,22-23,25,30-31,33-34H,4-5,7,10-12,14,16H2,1-3H3,(H,28,29). The van der Waals surface area contributed by atoms with Crippen molar-refractivity contribution in [3.05, 3.63) is 53.1 Å². The number of phenolic OH excluding ortho intramolecular Hbond substituents is 1. The van der Waals surface area contributed by atoms with Crippen molar-refractivity contribution in [2.75, 3.05) is 19.6 Å². The molecule has 5 rings (SSSR count). The highest BCUT2D eigenvalue weighted by atomic mass is 16.3. The highest BCUT2D eigenvalue weighted by Crippen LogP contribution is 2.44. The minimum atomic E-state index is -0.624. The van der Waals surface area contributed by atoms with Crippen LogP contribution in [-0.4, -0.2) is 56.4 Å². The second-order valence-electron chi connectivity index (χ2n) is 11.0. The van der Waals surface area contributed by atoms with Gasteiger partial charge in [-0.05, 0) is 86.6 Å². The number of H-pyrrole nitrogens is 1. The Hall–Kier alpha value is -2.19. The maximum absolute atomic E-state index is 10.0. The topological polar surface area (TPSA) is 96.4 Å². The third-order valence-corrected chi connectivity index (χ3v) is 7.97. The van der Waals surface area contributed by atoms with E-state index in [9.17, 15) is 10.2 Å². The molecule has 34 heavy (non-hydrogen) atoms. The molecule has 1 saturated carbocycles. The number of fused-ring (bicyclic) bond motifs is 1. The largest absolute Gasteiger partial charge is 0.508 e. The molecule has 2 aromatic rings. The first-order chi connectivity index (χ1) is 16.3. The molecule has 0 amide bonds. The van der Waals surface area contributed by atoms with Crippen molar-refractivity contribution in [1.29, 1.82) is 0 Å². The first kappa shape index (κ1) is 23.5. The number of hydrazine groups is 1. The van der Waals surface area contributed by atoms with Crippen LogP contribution < -0.4 is 10.9 Å². The second kappa shape index (κ2) is 9.46. The Balaban J connectivity index is 1.21. The van der Waals surface area contributed by atoms with Crippen molar-refractivity contribution in [3.8, 4) is 5.75 Å². The van der Waals surface area contributed by atoms with E-state index in [-0.39, 0.29) is 6.04 Å². The molecule has 0 spiro atoms. The average molecular weight is 466 g/mol. The van der Waals surface area contributed by atoms with Gasteiger partial charge in [-0.1, -0.05) is 19.1 Å². The summed E-state index contributed by atoms with van der Waals surface area (Å²) < 4.78 is 0. The van der Waals surface area contributed by atoms with Gasteiger partial charge >= 0.3 is 0 Å². The third-order valence-electron chi connectivity index (χ3n) is 7.97. The summed E-state index contributed by atoms with van der Waals surface area (Å²) in [5.74, 6) is 2.42. The minimum absolute atomic E-state index is 0.193. The number of phenols is 1. The van der Waals surface area contributed by atoms with Crippen LogP contribution in [0.2, 0.25) is 0 Å². The van der Waals surface area contributed by atoms with E-state index in [1.807, 2.05) is 32.2 Å². The molecule has 1 aromatic heterocycles. The van der Waals surface area contributed by atoms with Crippen molar-refractivity contribution < 1.29 is 10.2 Å². The molecule has 7 heteroatoms. The number of aryl methyl sites for hydroxylation is 1. The second-order valence-corrected chi connectivity index (χ2v) is 11.0. The molecule has 2 aliphatic heterocycles. The third kappa shape index (κ3) is 4.93. The number of hydrogen-bond acceptors (Lipinski definition) is 6. The molecule has 184 valence electrons. The number of imidazole rings is 1. The molecular weight excluding hydrogens is 426 g/mol. The SMILES string of the molecule is CCc1cc(O)ccc1C1CCC2C(C1)NNC2c1ncc(C2=CCN(CCC(C)(C)O)C2)[nH]1. The molecular formula is C27H39N5O2. The van der Waals surface area contributed by atoms with Gasteiger partial charge in [0.2, 0.25) is 0 Å². The maximum Gasteiger partial charge on any atom is 0.125 e. The Bertz CT molecular complexity index is 1040. The van der Waals surface area contributed by atoms with Crippen LogP contribution in [0.1, 0.15) is 81.1 Å². The van der Waals surface area contributed by atoms with Gasteiger partial charge in [0, 0.05) is 25.7 Å². The van der Waals surface area contributed by atoms with Gasteiger partial charge in [0.05, 0.1) is 23.5 Å². The van der Waals surface area contributed by atoms with E-state index in [1.165, 1.54) is 16.7 Å². The highest BCUT2D eigenvalue weighted by molar-refractivity contribution is 5.66. The molecule has 0 radical (unpaired) electrons. The van der Waals surface area contributed by atoms with E-state index in [4.69, 9.17) is 4.98 Å². The molecule has 2 fully saturated rings. The van der Waals surface area contributed by atoms with Crippen LogP contribution in [0.3, 0.4) is 0 Å². The number of aromatic nitrogens is 2. The summed E-state index contributed by atoms with van der Waals surface area (Å²) in [5.41, 5.74) is 11.5. The Kier molecular flexibility index (Phi) is 6.55. The van der Waals surface area contributed by atoms with Gasteiger partial charge in [-0.3, -0.25) is 10.3 Å². The minimum Gasteiger partial charge on any atom is -0.508 e. The lowest BCUT2D eigenvalue weighted by molar-refractivity contribution is 0.0612. The van der Waals surface area contributed by atoms with Crippen molar-refractivity contribution >= 4 is 5.57 Å². The summed E-state index contributed by atoms with van der Waals surface area (Å²) in [5, 5.41) is 19.9. The number of benzene rings is 1. The van der Waals surface area contributed by atoms with Gasteiger partial charge in [0.15, 0.2) is 0 Å². The van der Waals surface area contributed by atoms with Gasteiger partial charge in [-0.15, -0.1) is 0 Å². The maximum atomic E-state index is 10.0. The summed E-state index contributed by atoms with van der Waals surface area (Å²) in [6.45, 7) is 8.62. The van der Waals surface area contributed by atoms with Crippen molar-refractivity contribution in [2.45, 2.75) is 76.5 Å². The normalized spacial score (nSPS) is 27.7. The van der Waals surface area contributed by atoms with E-state index in [0.717, 1.165) is 63.3 Å². The fourth-order valence-electron chi connectivity index (χ4n) is 5.98. The van der Waals surface area contributed by atoms with Crippen LogP contribution in [0.15, 0.2) is 30.5 Å². The first-order valence-corrected chi connectivity index (χ1v) is 12.8. The Morgan fingerprint density at radius 3 is 2.85 bits per heavy atom. The van der Waals surface area contributed by atoms with Crippen molar-refractivity contribution in [3.63, 3.8) is 0 Å². The van der Waals surface area contributed by atoms with Gasteiger partial charge in [-0.25, -0.2) is 10.4 Å². The lowest BCUT2D eigenvalue weighted by atomic mass is 9.73. The number of aromatic hydroxyl groups is 1. The number of nitrogens with one attached hydrogen (secondary N) is 3. The Labute approximate surface area is 202 Å². The predicted octanol–water partition coefficient (Wildman–Crippen LogP) is 3.64. The molecule has 5 N–H and O–H groups in total. The van der Waals surface area contributed by atoms with Crippen LogP contribution >= 0.6 is 0 Å². The van der Waals surface area contributed by atoms with Crippen LogP contribution in [0.25, 0.3) is 5.57 Å². The summed E-state index contributed by atoms with van der Waals surface area (Å²) in [4.78, 5) is 10.7. The zero-order valence-electron chi connectivity index (χ0n) is 20.6. The zero-order chi connectivity index (χ0) is 23.9. The summed E-state index contributed by atoms with van der Waals surface area (Å²) >= 11 is 0. The molecule has 1 aromatic carbocycles. The molecule has 7 nitrogen and oxygen atoms in total.